The van der Waals surface area contributed by atoms with E-state index < -0.39 is 32.4 Å². The zero-order valence-corrected chi connectivity index (χ0v) is 14.8. The molecule has 5 nitrogen and oxygen atoms in total. The molecule has 0 aromatic heterocycles. The summed E-state index contributed by atoms with van der Waals surface area (Å²) in [5, 5.41) is 2.59. The Morgan fingerprint density at radius 1 is 1.24 bits per heavy atom. The molecule has 0 radical (unpaired) electrons. The van der Waals surface area contributed by atoms with Crippen LogP contribution in [0.15, 0.2) is 0 Å². The maximum atomic E-state index is 12.6. The number of nitrogens with one attached hydrogen (secondary N) is 1. The van der Waals surface area contributed by atoms with Gasteiger partial charge in [0.25, 0.3) is 0 Å². The lowest BCUT2D eigenvalue weighted by Crippen LogP contribution is -2.52. The van der Waals surface area contributed by atoms with Crippen LogP contribution in [0.3, 0.4) is 0 Å². The maximum Gasteiger partial charge on any atom is 0.321 e. The molecule has 0 heterocycles. The van der Waals surface area contributed by atoms with Crippen molar-refractivity contribution >= 4 is 15.8 Å². The third kappa shape index (κ3) is 5.25. The number of ether oxygens (including phenoxy) is 1. The fraction of sp³-hybridized carbons (Fsp3) is 0.933. The van der Waals surface area contributed by atoms with Crippen molar-refractivity contribution in [1.29, 1.82) is 0 Å². The molecule has 0 aromatic carbocycles. The Balaban J connectivity index is 2.87. The smallest absolute Gasteiger partial charge is 0.321 e. The summed E-state index contributed by atoms with van der Waals surface area (Å²) in [5.41, 5.74) is -0.665. The summed E-state index contributed by atoms with van der Waals surface area (Å²) in [7, 11) is -1.74. The van der Waals surface area contributed by atoms with Crippen LogP contribution in [0.1, 0.15) is 47.5 Å². The highest BCUT2D eigenvalue weighted by molar-refractivity contribution is 7.92. The average Bonchev–Trinajstić information content (AvgIpc) is 2.23. The first-order valence-electron chi connectivity index (χ1n) is 7.57. The van der Waals surface area contributed by atoms with Gasteiger partial charge >= 0.3 is 5.97 Å². The number of carbonyl (C=O) groups is 1. The predicted molar refractivity (Wildman–Crippen MR) is 83.8 cm³/mol. The maximum absolute atomic E-state index is 12.6. The van der Waals surface area contributed by atoms with E-state index in [0.717, 1.165) is 12.8 Å². The van der Waals surface area contributed by atoms with Crippen LogP contribution >= 0.6 is 0 Å². The van der Waals surface area contributed by atoms with Crippen molar-refractivity contribution in [1.82, 2.24) is 5.32 Å². The molecule has 1 N–H and O–H groups in total. The van der Waals surface area contributed by atoms with Gasteiger partial charge in [0.15, 0.2) is 9.84 Å². The van der Waals surface area contributed by atoms with Crippen molar-refractivity contribution in [3.05, 3.63) is 0 Å². The molecule has 4 atom stereocenters. The van der Waals surface area contributed by atoms with E-state index in [9.17, 15) is 13.2 Å². The van der Waals surface area contributed by atoms with Crippen LogP contribution in [-0.4, -0.2) is 44.1 Å². The van der Waals surface area contributed by atoms with E-state index in [0.29, 0.717) is 5.92 Å². The average molecular weight is 319 g/mol. The van der Waals surface area contributed by atoms with Crippen LogP contribution in [0.2, 0.25) is 0 Å². The van der Waals surface area contributed by atoms with Crippen LogP contribution in [-0.2, 0) is 19.4 Å². The van der Waals surface area contributed by atoms with E-state index in [2.05, 4.69) is 12.2 Å². The van der Waals surface area contributed by atoms with Gasteiger partial charge in [-0.15, -0.1) is 0 Å². The Kier molecular flexibility index (Phi) is 5.83. The molecular weight excluding hydrogens is 290 g/mol. The molecule has 0 bridgehead atoms. The van der Waals surface area contributed by atoms with Gasteiger partial charge in [-0.3, -0.25) is 4.79 Å². The predicted octanol–water partition coefficient (Wildman–Crippen LogP) is 1.77. The molecule has 1 rings (SSSR count). The quantitative estimate of drug-likeness (QED) is 0.800. The van der Waals surface area contributed by atoms with Crippen molar-refractivity contribution in [2.45, 2.75) is 64.4 Å². The lowest BCUT2D eigenvalue weighted by molar-refractivity contribution is -0.151. The number of esters is 1. The summed E-state index contributed by atoms with van der Waals surface area (Å²) in [5.74, 6) is -0.668. The molecule has 1 aliphatic rings. The molecular formula is C15H29NO4S. The van der Waals surface area contributed by atoms with Gasteiger partial charge in [0.05, 0.1) is 5.25 Å². The van der Waals surface area contributed by atoms with Gasteiger partial charge in [0.1, 0.15) is 11.4 Å². The Labute approximate surface area is 128 Å². The van der Waals surface area contributed by atoms with E-state index in [-0.39, 0.29) is 12.0 Å². The minimum absolute atomic E-state index is 0.0404. The SMILES string of the molecule is CNC1CC(C)CC(C)C1S(=O)(=O)CC(=O)OC(C)(C)C. The lowest BCUT2D eigenvalue weighted by Gasteiger charge is -2.38. The summed E-state index contributed by atoms with van der Waals surface area (Å²) < 4.78 is 30.4. The van der Waals surface area contributed by atoms with Gasteiger partial charge in [0.2, 0.25) is 0 Å². The number of hydrogen-bond donors (Lipinski definition) is 1. The summed E-state index contributed by atoms with van der Waals surface area (Å²) in [6, 6.07) is -0.101. The molecule has 1 fully saturated rings. The van der Waals surface area contributed by atoms with Gasteiger partial charge < -0.3 is 10.1 Å². The van der Waals surface area contributed by atoms with Gasteiger partial charge in [-0.1, -0.05) is 13.8 Å². The van der Waals surface area contributed by atoms with Crippen LogP contribution in [0.25, 0.3) is 0 Å². The fourth-order valence-corrected chi connectivity index (χ4v) is 5.49. The Morgan fingerprint density at radius 2 is 1.81 bits per heavy atom. The molecule has 0 saturated heterocycles. The highest BCUT2D eigenvalue weighted by Gasteiger charge is 2.42. The van der Waals surface area contributed by atoms with Gasteiger partial charge in [-0.05, 0) is 52.5 Å². The molecule has 0 aromatic rings. The number of rotatable bonds is 4. The first-order valence-corrected chi connectivity index (χ1v) is 9.28. The molecule has 124 valence electrons. The molecule has 21 heavy (non-hydrogen) atoms. The van der Waals surface area contributed by atoms with Crippen LogP contribution in [0, 0.1) is 11.8 Å². The topological polar surface area (TPSA) is 72.5 Å². The first kappa shape index (κ1) is 18.4. The van der Waals surface area contributed by atoms with E-state index in [1.165, 1.54) is 0 Å². The fourth-order valence-electron chi connectivity index (χ4n) is 3.35. The minimum atomic E-state index is -3.53. The normalized spacial score (nSPS) is 31.0. The monoisotopic (exact) mass is 319 g/mol. The van der Waals surface area contributed by atoms with Gasteiger partial charge in [-0.2, -0.15) is 0 Å². The molecule has 0 aliphatic heterocycles. The zero-order chi connectivity index (χ0) is 16.4. The van der Waals surface area contributed by atoms with Crippen LogP contribution in [0.5, 0.6) is 0 Å². The molecule has 6 heteroatoms. The van der Waals surface area contributed by atoms with Crippen molar-refractivity contribution in [2.24, 2.45) is 11.8 Å². The van der Waals surface area contributed by atoms with Crippen LogP contribution < -0.4 is 5.32 Å². The van der Waals surface area contributed by atoms with Crippen molar-refractivity contribution < 1.29 is 17.9 Å². The third-order valence-corrected chi connectivity index (χ3v) is 6.17. The highest BCUT2D eigenvalue weighted by Crippen LogP contribution is 2.33. The molecule has 0 spiro atoms. The molecule has 1 aliphatic carbocycles. The molecule has 0 amide bonds. The zero-order valence-electron chi connectivity index (χ0n) is 14.0. The van der Waals surface area contributed by atoms with E-state index in [1.54, 1.807) is 27.8 Å². The highest BCUT2D eigenvalue weighted by atomic mass is 32.2. The van der Waals surface area contributed by atoms with Crippen LogP contribution in [0.4, 0.5) is 0 Å². The van der Waals surface area contributed by atoms with Crippen molar-refractivity contribution in [3.8, 4) is 0 Å². The molecule has 1 saturated carbocycles. The summed E-state index contributed by atoms with van der Waals surface area (Å²) in [6.45, 7) is 9.30. The second-order valence-electron chi connectivity index (χ2n) is 7.31. The lowest BCUT2D eigenvalue weighted by atomic mass is 9.80. The van der Waals surface area contributed by atoms with E-state index >= 15 is 0 Å². The summed E-state index contributed by atoms with van der Waals surface area (Å²) in [6.07, 6.45) is 1.69. The summed E-state index contributed by atoms with van der Waals surface area (Å²) in [4.78, 5) is 11.9. The third-order valence-electron chi connectivity index (χ3n) is 3.91. The van der Waals surface area contributed by atoms with E-state index in [1.807, 2.05) is 6.92 Å². The second-order valence-corrected chi connectivity index (χ2v) is 9.47. The summed E-state index contributed by atoms with van der Waals surface area (Å²) >= 11 is 0. The Hall–Kier alpha value is -0.620. The Morgan fingerprint density at radius 3 is 2.29 bits per heavy atom. The van der Waals surface area contributed by atoms with Gasteiger partial charge in [-0.25, -0.2) is 8.42 Å². The number of hydrogen-bond acceptors (Lipinski definition) is 5. The minimum Gasteiger partial charge on any atom is -0.459 e. The second kappa shape index (κ2) is 6.65. The molecule has 4 unspecified atom stereocenters. The van der Waals surface area contributed by atoms with E-state index in [4.69, 9.17) is 4.74 Å². The number of carbonyl (C=O) groups excluding carboxylic acids is 1. The first-order chi connectivity index (χ1) is 9.46. The van der Waals surface area contributed by atoms with Gasteiger partial charge in [0, 0.05) is 6.04 Å². The van der Waals surface area contributed by atoms with Crippen molar-refractivity contribution in [3.63, 3.8) is 0 Å². The standard InChI is InChI=1S/C15H29NO4S/c1-10-7-11(2)14(12(8-10)16-6)21(18,19)9-13(17)20-15(3,4)5/h10-12,14,16H,7-9H2,1-6H3. The largest absolute Gasteiger partial charge is 0.459 e. The van der Waals surface area contributed by atoms with Crippen molar-refractivity contribution in [2.75, 3.05) is 12.8 Å². The Bertz CT molecular complexity index is 467. The number of sulfone groups is 1.